The Kier molecular flexibility index (Phi) is 5.74. The summed E-state index contributed by atoms with van der Waals surface area (Å²) < 4.78 is 11.8. The van der Waals surface area contributed by atoms with Gasteiger partial charge in [-0.05, 0) is 31.2 Å². The smallest absolute Gasteiger partial charge is 0.253 e. The number of hydrogen-bond donors (Lipinski definition) is 0. The van der Waals surface area contributed by atoms with Crippen molar-refractivity contribution in [2.24, 2.45) is 5.10 Å². The highest BCUT2D eigenvalue weighted by atomic mass is 16.5. The zero-order valence-corrected chi connectivity index (χ0v) is 19.8. The third-order valence-electron chi connectivity index (χ3n) is 5.70. The van der Waals surface area contributed by atoms with Crippen LogP contribution in [-0.4, -0.2) is 57.8 Å². The lowest BCUT2D eigenvalue weighted by Crippen LogP contribution is -2.21. The fraction of sp³-hybridized carbons (Fsp3) is 0.192. The Balaban J connectivity index is 1.55. The minimum Gasteiger partial charge on any atom is -0.444 e. The van der Waals surface area contributed by atoms with Crippen LogP contribution in [-0.2, 0) is 4.74 Å². The van der Waals surface area contributed by atoms with E-state index in [9.17, 15) is 4.79 Å². The molecule has 2 aromatic carbocycles. The number of ether oxygens (including phenoxy) is 1. The van der Waals surface area contributed by atoms with Crippen molar-refractivity contribution in [3.8, 4) is 22.6 Å². The quantitative estimate of drug-likeness (QED) is 0.434. The molecule has 3 heterocycles. The molecule has 35 heavy (non-hydrogen) atoms. The number of hydrazone groups is 1. The highest BCUT2D eigenvalue weighted by molar-refractivity contribution is 5.97. The molecule has 1 atom stereocenters. The number of rotatable bonds is 5. The molecule has 0 bridgehead atoms. The summed E-state index contributed by atoms with van der Waals surface area (Å²) in [6, 6.07) is 15.1. The molecule has 0 saturated heterocycles. The zero-order valence-electron chi connectivity index (χ0n) is 19.8. The topological polar surface area (TPSA) is 97.0 Å². The molecule has 0 N–H and O–H groups in total. The van der Waals surface area contributed by atoms with Gasteiger partial charge in [0.05, 0.1) is 23.8 Å². The van der Waals surface area contributed by atoms with E-state index in [1.165, 1.54) is 11.3 Å². The molecule has 0 radical (unpaired) electrons. The fourth-order valence-electron chi connectivity index (χ4n) is 3.88. The Hall–Kier alpha value is -4.53. The van der Waals surface area contributed by atoms with Gasteiger partial charge in [0.15, 0.2) is 12.2 Å². The van der Waals surface area contributed by atoms with E-state index >= 15 is 0 Å². The first-order valence-electron chi connectivity index (χ1n) is 11.0. The summed E-state index contributed by atoms with van der Waals surface area (Å²) in [7, 11) is 5.27. The number of carbonyl (C=O) groups excluding carboxylic acids is 1. The molecule has 1 aliphatic rings. The summed E-state index contributed by atoms with van der Waals surface area (Å²) in [5.74, 6) is 0.944. The second kappa shape index (κ2) is 9.02. The van der Waals surface area contributed by atoms with Crippen LogP contribution in [0, 0.1) is 6.92 Å². The SMILES string of the molecule is Cc1ncc(-c2ccc(C(=O)N(C)C)cc2-c2cnco2)nc1[C@H]1OC(c2ccccc2)=NN1C. The van der Waals surface area contributed by atoms with E-state index < -0.39 is 6.23 Å². The van der Waals surface area contributed by atoms with Gasteiger partial charge in [-0.25, -0.2) is 9.97 Å². The summed E-state index contributed by atoms with van der Waals surface area (Å²) in [5, 5.41) is 6.30. The van der Waals surface area contributed by atoms with Crippen LogP contribution in [0.5, 0.6) is 0 Å². The molecule has 5 rings (SSSR count). The van der Waals surface area contributed by atoms with E-state index in [1.807, 2.05) is 50.4 Å². The molecule has 0 aliphatic carbocycles. The Morgan fingerprint density at radius 1 is 1.06 bits per heavy atom. The van der Waals surface area contributed by atoms with Crippen LogP contribution in [0.2, 0.25) is 0 Å². The van der Waals surface area contributed by atoms with Gasteiger partial charge in [-0.1, -0.05) is 24.3 Å². The second-order valence-electron chi connectivity index (χ2n) is 8.37. The van der Waals surface area contributed by atoms with Crippen molar-refractivity contribution in [1.82, 2.24) is 24.9 Å². The number of nitrogens with zero attached hydrogens (tertiary/aromatic N) is 6. The molecule has 1 amide bonds. The predicted molar refractivity (Wildman–Crippen MR) is 130 cm³/mol. The molecule has 9 heteroatoms. The van der Waals surface area contributed by atoms with Crippen LogP contribution in [0.3, 0.4) is 0 Å². The van der Waals surface area contributed by atoms with E-state index in [0.717, 1.165) is 16.8 Å². The van der Waals surface area contributed by atoms with Crippen molar-refractivity contribution in [2.75, 3.05) is 21.1 Å². The normalized spacial score (nSPS) is 15.0. The molecular formula is C26H24N6O3. The van der Waals surface area contributed by atoms with Crippen LogP contribution in [0.1, 0.15) is 33.5 Å². The number of amides is 1. The molecule has 0 unspecified atom stereocenters. The Labute approximate surface area is 202 Å². The van der Waals surface area contributed by atoms with Crippen molar-refractivity contribution in [1.29, 1.82) is 0 Å². The average molecular weight is 469 g/mol. The maximum Gasteiger partial charge on any atom is 0.253 e. The highest BCUT2D eigenvalue weighted by Crippen LogP contribution is 2.35. The maximum atomic E-state index is 12.6. The van der Waals surface area contributed by atoms with Crippen LogP contribution < -0.4 is 0 Å². The van der Waals surface area contributed by atoms with Crippen molar-refractivity contribution in [3.63, 3.8) is 0 Å². The van der Waals surface area contributed by atoms with E-state index in [1.54, 1.807) is 43.6 Å². The Morgan fingerprint density at radius 2 is 1.86 bits per heavy atom. The van der Waals surface area contributed by atoms with E-state index in [-0.39, 0.29) is 5.91 Å². The molecule has 4 aromatic rings. The summed E-state index contributed by atoms with van der Waals surface area (Å²) in [6.07, 6.45) is 4.14. The van der Waals surface area contributed by atoms with Crippen LogP contribution in [0.25, 0.3) is 22.6 Å². The van der Waals surface area contributed by atoms with Gasteiger partial charge in [0.1, 0.15) is 5.69 Å². The Morgan fingerprint density at radius 3 is 2.57 bits per heavy atom. The molecule has 9 nitrogen and oxygen atoms in total. The number of hydrogen-bond acceptors (Lipinski definition) is 8. The number of oxazole rings is 1. The van der Waals surface area contributed by atoms with E-state index in [4.69, 9.17) is 14.1 Å². The van der Waals surface area contributed by atoms with Crippen LogP contribution in [0.4, 0.5) is 0 Å². The lowest BCUT2D eigenvalue weighted by atomic mass is 9.99. The summed E-state index contributed by atoms with van der Waals surface area (Å²) >= 11 is 0. The monoisotopic (exact) mass is 468 g/mol. The highest BCUT2D eigenvalue weighted by Gasteiger charge is 2.31. The number of benzene rings is 2. The predicted octanol–water partition coefficient (Wildman–Crippen LogP) is 4.13. The van der Waals surface area contributed by atoms with E-state index in [0.29, 0.717) is 34.2 Å². The molecule has 2 aromatic heterocycles. The third-order valence-corrected chi connectivity index (χ3v) is 5.70. The first-order valence-corrected chi connectivity index (χ1v) is 11.0. The van der Waals surface area contributed by atoms with Crippen LogP contribution in [0.15, 0.2) is 76.8 Å². The van der Waals surface area contributed by atoms with Crippen molar-refractivity contribution >= 4 is 11.8 Å². The summed E-state index contributed by atoms with van der Waals surface area (Å²) in [6.45, 7) is 1.89. The number of aromatic nitrogens is 3. The van der Waals surface area contributed by atoms with E-state index in [2.05, 4.69) is 15.1 Å². The number of carbonyl (C=O) groups is 1. The molecular weight excluding hydrogens is 444 g/mol. The van der Waals surface area contributed by atoms with Gasteiger partial charge in [0, 0.05) is 43.4 Å². The van der Waals surface area contributed by atoms with Crippen molar-refractivity contribution in [3.05, 3.63) is 89.8 Å². The van der Waals surface area contributed by atoms with Gasteiger partial charge < -0.3 is 14.1 Å². The fourth-order valence-corrected chi connectivity index (χ4v) is 3.88. The maximum absolute atomic E-state index is 12.6. The summed E-state index contributed by atoms with van der Waals surface area (Å²) in [5.41, 5.74) is 4.87. The van der Waals surface area contributed by atoms with Gasteiger partial charge in [-0.3, -0.25) is 14.8 Å². The van der Waals surface area contributed by atoms with Crippen molar-refractivity contribution < 1.29 is 13.9 Å². The van der Waals surface area contributed by atoms with Gasteiger partial charge >= 0.3 is 0 Å². The molecule has 0 spiro atoms. The van der Waals surface area contributed by atoms with Gasteiger partial charge in [0.2, 0.25) is 12.1 Å². The lowest BCUT2D eigenvalue weighted by Gasteiger charge is -2.20. The first-order chi connectivity index (χ1) is 16.9. The summed E-state index contributed by atoms with van der Waals surface area (Å²) in [4.78, 5) is 27.7. The average Bonchev–Trinajstić information content (AvgIpc) is 3.54. The van der Waals surface area contributed by atoms with Crippen molar-refractivity contribution in [2.45, 2.75) is 13.2 Å². The third kappa shape index (κ3) is 4.23. The number of aryl methyl sites for hydroxylation is 1. The first kappa shape index (κ1) is 22.3. The molecule has 1 aliphatic heterocycles. The lowest BCUT2D eigenvalue weighted by molar-refractivity contribution is 0.0729. The van der Waals surface area contributed by atoms with Gasteiger partial charge in [0.25, 0.3) is 5.91 Å². The minimum atomic E-state index is -0.527. The molecule has 0 fully saturated rings. The largest absolute Gasteiger partial charge is 0.444 e. The second-order valence-corrected chi connectivity index (χ2v) is 8.37. The molecule has 0 saturated carbocycles. The molecule has 176 valence electrons. The van der Waals surface area contributed by atoms with Crippen LogP contribution >= 0.6 is 0 Å². The standard InChI is InChI=1S/C26H24N6O3/c1-16-23(26-32(4)30-24(35-26)17-8-6-5-7-9-17)29-21(13-28-16)19-11-10-18(25(33)31(2)3)12-20(19)22-14-27-15-34-22/h5-15,26H,1-4H3/t26-/m1/s1. The van der Waals surface area contributed by atoms with Gasteiger partial charge in [-0.15, -0.1) is 5.10 Å². The van der Waals surface area contributed by atoms with Gasteiger partial charge in [-0.2, -0.15) is 0 Å². The zero-order chi connectivity index (χ0) is 24.5. The minimum absolute atomic E-state index is 0.112. The Bertz CT molecular complexity index is 1400.